The Kier molecular flexibility index (Phi) is 6.28. The lowest BCUT2D eigenvalue weighted by molar-refractivity contribution is -0.132. The zero-order chi connectivity index (χ0) is 16.8. The molecule has 0 saturated carbocycles. The van der Waals surface area contributed by atoms with Crippen LogP contribution < -0.4 is 5.32 Å². The molecule has 2 rings (SSSR count). The quantitative estimate of drug-likeness (QED) is 0.838. The van der Waals surface area contributed by atoms with Gasteiger partial charge in [0.05, 0.1) is 23.4 Å². The molecule has 1 aromatic carbocycles. The number of hydrogen-bond donors (Lipinski definition) is 1. The maximum Gasteiger partial charge on any atom is 0.337 e. The monoisotopic (exact) mass is 338 g/mol. The number of nitrogens with zero attached hydrogens (tertiary/aromatic N) is 1. The van der Waals surface area contributed by atoms with Gasteiger partial charge in [0.25, 0.3) is 0 Å². The number of methoxy groups -OCH3 is 1. The summed E-state index contributed by atoms with van der Waals surface area (Å²) in [5.41, 5.74) is 1.06. The van der Waals surface area contributed by atoms with E-state index in [0.29, 0.717) is 35.2 Å². The van der Waals surface area contributed by atoms with Gasteiger partial charge in [-0.05, 0) is 37.0 Å². The number of halogens is 1. The average Bonchev–Trinajstić information content (AvgIpc) is 2.56. The molecule has 6 heteroatoms. The summed E-state index contributed by atoms with van der Waals surface area (Å²) < 4.78 is 4.69. The highest BCUT2D eigenvalue weighted by Gasteiger charge is 2.19. The minimum Gasteiger partial charge on any atom is -0.465 e. The third kappa shape index (κ3) is 4.86. The molecule has 0 aromatic heterocycles. The maximum absolute atomic E-state index is 12.2. The van der Waals surface area contributed by atoms with E-state index in [-0.39, 0.29) is 5.91 Å². The third-order valence-corrected chi connectivity index (χ3v) is 4.51. The van der Waals surface area contributed by atoms with Crippen LogP contribution >= 0.6 is 11.6 Å². The van der Waals surface area contributed by atoms with Gasteiger partial charge in [0.2, 0.25) is 5.91 Å². The molecule has 1 aromatic rings. The van der Waals surface area contributed by atoms with Crippen LogP contribution in [-0.2, 0) is 9.53 Å². The smallest absolute Gasteiger partial charge is 0.337 e. The van der Waals surface area contributed by atoms with Crippen LogP contribution in [0.25, 0.3) is 0 Å². The predicted octanol–water partition coefficient (Wildman–Crippen LogP) is 3.19. The van der Waals surface area contributed by atoms with Crippen LogP contribution in [0.4, 0.5) is 5.69 Å². The summed E-state index contributed by atoms with van der Waals surface area (Å²) in [6.07, 6.45) is 2.56. The van der Waals surface area contributed by atoms with Crippen LogP contribution in [0.15, 0.2) is 18.2 Å². The van der Waals surface area contributed by atoms with Crippen LogP contribution in [-0.4, -0.2) is 43.5 Å². The lowest BCUT2D eigenvalue weighted by Crippen LogP contribution is -2.38. The zero-order valence-electron chi connectivity index (χ0n) is 13.6. The van der Waals surface area contributed by atoms with Crippen molar-refractivity contribution in [1.82, 2.24) is 4.90 Å². The van der Waals surface area contributed by atoms with Gasteiger partial charge in [0.15, 0.2) is 0 Å². The Bertz CT molecular complexity index is 569. The fraction of sp³-hybridized carbons (Fsp3) is 0.529. The van der Waals surface area contributed by atoms with Crippen LogP contribution in [0, 0.1) is 5.92 Å². The molecule has 1 fully saturated rings. The molecule has 0 unspecified atom stereocenters. The summed E-state index contributed by atoms with van der Waals surface area (Å²) in [6, 6.07) is 4.89. The molecule has 0 spiro atoms. The van der Waals surface area contributed by atoms with Crippen molar-refractivity contribution in [2.45, 2.75) is 26.2 Å². The van der Waals surface area contributed by atoms with Crippen molar-refractivity contribution in [2.24, 2.45) is 5.92 Å². The zero-order valence-corrected chi connectivity index (χ0v) is 14.4. The lowest BCUT2D eigenvalue weighted by atomic mass is 9.99. The molecule has 23 heavy (non-hydrogen) atoms. The summed E-state index contributed by atoms with van der Waals surface area (Å²) >= 11 is 6.11. The molecule has 1 saturated heterocycles. The molecule has 0 aliphatic carbocycles. The minimum absolute atomic E-state index is 0.157. The maximum atomic E-state index is 12.2. The van der Waals surface area contributed by atoms with Crippen LogP contribution in [0.1, 0.15) is 36.5 Å². The van der Waals surface area contributed by atoms with E-state index in [1.54, 1.807) is 18.2 Å². The Labute approximate surface area is 141 Å². The van der Waals surface area contributed by atoms with Crippen molar-refractivity contribution >= 4 is 29.2 Å². The van der Waals surface area contributed by atoms with Crippen molar-refractivity contribution in [1.29, 1.82) is 0 Å². The van der Waals surface area contributed by atoms with Crippen LogP contribution in [0.2, 0.25) is 5.02 Å². The van der Waals surface area contributed by atoms with E-state index < -0.39 is 5.97 Å². The van der Waals surface area contributed by atoms with Gasteiger partial charge in [-0.3, -0.25) is 4.79 Å². The normalized spacial score (nSPS) is 15.3. The van der Waals surface area contributed by atoms with Gasteiger partial charge in [-0.2, -0.15) is 0 Å². The second-order valence-corrected chi connectivity index (χ2v) is 6.33. The largest absolute Gasteiger partial charge is 0.465 e. The molecule has 1 N–H and O–H groups in total. The highest BCUT2D eigenvalue weighted by Crippen LogP contribution is 2.23. The first-order valence-electron chi connectivity index (χ1n) is 7.90. The topological polar surface area (TPSA) is 58.6 Å². The Balaban J connectivity index is 1.86. The second kappa shape index (κ2) is 8.20. The predicted molar refractivity (Wildman–Crippen MR) is 90.9 cm³/mol. The molecule has 5 nitrogen and oxygen atoms in total. The van der Waals surface area contributed by atoms with Gasteiger partial charge in [0, 0.05) is 26.1 Å². The summed E-state index contributed by atoms with van der Waals surface area (Å²) in [7, 11) is 1.34. The number of carbonyl (C=O) groups excluding carboxylic acids is 2. The second-order valence-electron chi connectivity index (χ2n) is 5.93. The Morgan fingerprint density at radius 2 is 2.04 bits per heavy atom. The van der Waals surface area contributed by atoms with E-state index in [9.17, 15) is 9.59 Å². The summed E-state index contributed by atoms with van der Waals surface area (Å²) in [6.45, 7) is 4.39. The molecule has 1 aliphatic rings. The Morgan fingerprint density at radius 3 is 2.70 bits per heavy atom. The Morgan fingerprint density at radius 1 is 1.35 bits per heavy atom. The molecule has 1 heterocycles. The number of benzene rings is 1. The number of ether oxygens (including phenoxy) is 1. The van der Waals surface area contributed by atoms with E-state index in [1.165, 1.54) is 7.11 Å². The first kappa shape index (κ1) is 17.6. The van der Waals surface area contributed by atoms with Crippen molar-refractivity contribution in [3.8, 4) is 0 Å². The molecule has 0 radical (unpaired) electrons. The number of nitrogens with one attached hydrogen (secondary N) is 1. The molecule has 1 amide bonds. The number of carbonyl (C=O) groups is 2. The van der Waals surface area contributed by atoms with Crippen LogP contribution in [0.3, 0.4) is 0 Å². The summed E-state index contributed by atoms with van der Waals surface area (Å²) in [4.78, 5) is 25.6. The van der Waals surface area contributed by atoms with Gasteiger partial charge >= 0.3 is 5.97 Å². The van der Waals surface area contributed by atoms with Crippen molar-refractivity contribution in [3.63, 3.8) is 0 Å². The number of rotatable bonds is 5. The minimum atomic E-state index is -0.414. The molecule has 126 valence electrons. The van der Waals surface area contributed by atoms with Crippen molar-refractivity contribution < 1.29 is 14.3 Å². The molecule has 0 bridgehead atoms. The van der Waals surface area contributed by atoms with E-state index in [4.69, 9.17) is 16.3 Å². The number of piperidine rings is 1. The summed E-state index contributed by atoms with van der Waals surface area (Å²) in [5, 5.41) is 3.63. The van der Waals surface area contributed by atoms with Gasteiger partial charge in [-0.25, -0.2) is 4.79 Å². The van der Waals surface area contributed by atoms with Gasteiger partial charge in [-0.1, -0.05) is 18.5 Å². The van der Waals surface area contributed by atoms with Gasteiger partial charge < -0.3 is 15.0 Å². The summed E-state index contributed by atoms with van der Waals surface area (Å²) in [5.74, 6) is 0.449. The molecular formula is C17H23ClN2O3. The van der Waals surface area contributed by atoms with Gasteiger partial charge in [0.1, 0.15) is 0 Å². The number of likely N-dealkylation sites (tertiary alicyclic amines) is 1. The van der Waals surface area contributed by atoms with E-state index in [0.717, 1.165) is 25.9 Å². The fourth-order valence-corrected chi connectivity index (χ4v) is 2.81. The van der Waals surface area contributed by atoms with Crippen molar-refractivity contribution in [3.05, 3.63) is 28.8 Å². The average molecular weight is 339 g/mol. The molecule has 1 aliphatic heterocycles. The number of hydrogen-bond acceptors (Lipinski definition) is 4. The highest BCUT2D eigenvalue weighted by molar-refractivity contribution is 6.33. The van der Waals surface area contributed by atoms with Gasteiger partial charge in [-0.15, -0.1) is 0 Å². The third-order valence-electron chi connectivity index (χ3n) is 4.18. The molecular weight excluding hydrogens is 316 g/mol. The van der Waals surface area contributed by atoms with E-state index in [2.05, 4.69) is 12.2 Å². The lowest BCUT2D eigenvalue weighted by Gasteiger charge is -2.30. The number of esters is 1. The number of amides is 1. The van der Waals surface area contributed by atoms with Crippen LogP contribution in [0.5, 0.6) is 0 Å². The SMILES string of the molecule is COC(=O)c1ccc(Cl)c(NCCC(=O)N2CCC(C)CC2)c1. The Hall–Kier alpha value is -1.75. The number of anilines is 1. The molecule has 0 atom stereocenters. The van der Waals surface area contributed by atoms with E-state index in [1.807, 2.05) is 4.90 Å². The fourth-order valence-electron chi connectivity index (χ4n) is 2.63. The first-order valence-corrected chi connectivity index (χ1v) is 8.28. The first-order chi connectivity index (χ1) is 11.0. The van der Waals surface area contributed by atoms with E-state index >= 15 is 0 Å². The highest BCUT2D eigenvalue weighted by atomic mass is 35.5. The standard InChI is InChI=1S/C17H23ClN2O3/c1-12-6-9-20(10-7-12)16(21)5-8-19-15-11-13(17(22)23-2)3-4-14(15)18/h3-4,11-12,19H,5-10H2,1-2H3. The van der Waals surface area contributed by atoms with Crippen molar-refractivity contribution in [2.75, 3.05) is 32.1 Å².